The Morgan fingerprint density at radius 1 is 1.28 bits per heavy atom. The van der Waals surface area contributed by atoms with Crippen LogP contribution in [0.25, 0.3) is 0 Å². The first-order valence-corrected chi connectivity index (χ1v) is 6.17. The fourth-order valence-electron chi connectivity index (χ4n) is 1.99. The van der Waals surface area contributed by atoms with Crippen molar-refractivity contribution in [2.75, 3.05) is 13.2 Å². The minimum atomic E-state index is -0.000530. The van der Waals surface area contributed by atoms with Crippen molar-refractivity contribution in [1.82, 2.24) is 15.1 Å². The van der Waals surface area contributed by atoms with E-state index in [4.69, 9.17) is 0 Å². The zero-order valence-electron chi connectivity index (χ0n) is 10.6. The van der Waals surface area contributed by atoms with E-state index in [-0.39, 0.29) is 12.6 Å². The third kappa shape index (κ3) is 3.18. The van der Waals surface area contributed by atoms with E-state index in [9.17, 15) is 5.11 Å². The summed E-state index contributed by atoms with van der Waals surface area (Å²) in [4.78, 5) is 0. The van der Waals surface area contributed by atoms with Crippen LogP contribution >= 0.6 is 0 Å². The highest BCUT2D eigenvalue weighted by molar-refractivity contribution is 5.18. The second kappa shape index (κ2) is 6.33. The van der Waals surface area contributed by atoms with Crippen LogP contribution < -0.4 is 5.32 Å². The molecule has 0 aliphatic carbocycles. The van der Waals surface area contributed by atoms with Crippen LogP contribution in [0.5, 0.6) is 0 Å². The Morgan fingerprint density at radius 3 is 2.67 bits per heavy atom. The summed E-state index contributed by atoms with van der Waals surface area (Å²) < 4.78 is 1.87. The summed E-state index contributed by atoms with van der Waals surface area (Å²) >= 11 is 0. The zero-order valence-corrected chi connectivity index (χ0v) is 10.6. The largest absolute Gasteiger partial charge is 0.394 e. The SMILES string of the molecule is Cn1nccc1CCNC(CO)c1ccccc1. The topological polar surface area (TPSA) is 50.1 Å². The number of nitrogens with one attached hydrogen (secondary N) is 1. The molecule has 2 aromatic rings. The highest BCUT2D eigenvalue weighted by atomic mass is 16.3. The molecule has 18 heavy (non-hydrogen) atoms. The molecule has 96 valence electrons. The van der Waals surface area contributed by atoms with E-state index in [1.165, 1.54) is 5.69 Å². The summed E-state index contributed by atoms with van der Waals surface area (Å²) in [6.07, 6.45) is 2.70. The van der Waals surface area contributed by atoms with Gasteiger partial charge in [0.25, 0.3) is 0 Å². The fraction of sp³-hybridized carbons (Fsp3) is 0.357. The van der Waals surface area contributed by atoms with Gasteiger partial charge in [-0.15, -0.1) is 0 Å². The third-order valence-corrected chi connectivity index (χ3v) is 3.08. The van der Waals surface area contributed by atoms with Crippen molar-refractivity contribution >= 4 is 0 Å². The molecule has 0 aliphatic rings. The molecule has 1 aromatic heterocycles. The standard InChI is InChI=1S/C14H19N3O/c1-17-13(8-10-16-17)7-9-15-14(11-18)12-5-3-2-4-6-12/h2-6,8,10,14-15,18H,7,9,11H2,1H3. The number of aliphatic hydroxyl groups excluding tert-OH is 1. The first kappa shape index (κ1) is 12.8. The van der Waals surface area contributed by atoms with E-state index in [2.05, 4.69) is 10.4 Å². The Labute approximate surface area is 107 Å². The maximum Gasteiger partial charge on any atom is 0.0626 e. The summed E-state index contributed by atoms with van der Waals surface area (Å²) in [5, 5.41) is 16.9. The molecular weight excluding hydrogens is 226 g/mol. The van der Waals surface area contributed by atoms with E-state index in [1.54, 1.807) is 6.20 Å². The van der Waals surface area contributed by atoms with Crippen LogP contribution in [0.15, 0.2) is 42.6 Å². The van der Waals surface area contributed by atoms with Crippen LogP contribution in [0.2, 0.25) is 0 Å². The van der Waals surface area contributed by atoms with Crippen molar-refractivity contribution in [1.29, 1.82) is 0 Å². The highest BCUT2D eigenvalue weighted by Crippen LogP contribution is 2.11. The Balaban J connectivity index is 1.87. The third-order valence-electron chi connectivity index (χ3n) is 3.08. The number of aliphatic hydroxyl groups is 1. The first-order valence-electron chi connectivity index (χ1n) is 6.17. The van der Waals surface area contributed by atoms with Crippen molar-refractivity contribution in [3.63, 3.8) is 0 Å². The Morgan fingerprint density at radius 2 is 2.06 bits per heavy atom. The summed E-state index contributed by atoms with van der Waals surface area (Å²) in [5.74, 6) is 0. The normalized spacial score (nSPS) is 12.6. The van der Waals surface area contributed by atoms with E-state index in [1.807, 2.05) is 48.1 Å². The molecule has 1 aromatic carbocycles. The molecule has 0 bridgehead atoms. The summed E-state index contributed by atoms with van der Waals surface area (Å²) in [6, 6.07) is 12.0. The number of hydrogen-bond acceptors (Lipinski definition) is 3. The first-order chi connectivity index (χ1) is 8.81. The van der Waals surface area contributed by atoms with E-state index in [0.29, 0.717) is 0 Å². The second-order valence-electron chi connectivity index (χ2n) is 4.30. The molecule has 4 heteroatoms. The summed E-state index contributed by atoms with van der Waals surface area (Å²) in [7, 11) is 1.94. The molecule has 0 fully saturated rings. The fourth-order valence-corrected chi connectivity index (χ4v) is 1.99. The van der Waals surface area contributed by atoms with Gasteiger partial charge in [0, 0.05) is 31.9 Å². The van der Waals surface area contributed by atoms with Crippen molar-refractivity contribution in [2.24, 2.45) is 7.05 Å². The predicted octanol–water partition coefficient (Wildman–Crippen LogP) is 1.29. The monoisotopic (exact) mass is 245 g/mol. The maximum absolute atomic E-state index is 9.41. The van der Waals surface area contributed by atoms with Crippen LogP contribution in [-0.4, -0.2) is 28.0 Å². The van der Waals surface area contributed by atoms with Crippen molar-refractivity contribution < 1.29 is 5.11 Å². The van der Waals surface area contributed by atoms with Gasteiger partial charge in [-0.25, -0.2) is 0 Å². The van der Waals surface area contributed by atoms with Gasteiger partial charge >= 0.3 is 0 Å². The van der Waals surface area contributed by atoms with Gasteiger partial charge in [-0.3, -0.25) is 4.68 Å². The zero-order chi connectivity index (χ0) is 12.8. The van der Waals surface area contributed by atoms with Gasteiger partial charge in [-0.05, 0) is 11.6 Å². The van der Waals surface area contributed by atoms with Crippen molar-refractivity contribution in [3.8, 4) is 0 Å². The minimum absolute atomic E-state index is 0.000530. The Bertz CT molecular complexity index is 467. The van der Waals surface area contributed by atoms with E-state index in [0.717, 1.165) is 18.5 Å². The smallest absolute Gasteiger partial charge is 0.0626 e. The lowest BCUT2D eigenvalue weighted by Crippen LogP contribution is -2.26. The molecule has 1 heterocycles. The average molecular weight is 245 g/mol. The molecule has 1 unspecified atom stereocenters. The van der Waals surface area contributed by atoms with Crippen LogP contribution in [-0.2, 0) is 13.5 Å². The predicted molar refractivity (Wildman–Crippen MR) is 71.2 cm³/mol. The number of benzene rings is 1. The molecule has 2 N–H and O–H groups in total. The van der Waals surface area contributed by atoms with Gasteiger partial charge in [0.2, 0.25) is 0 Å². The lowest BCUT2D eigenvalue weighted by atomic mass is 10.1. The van der Waals surface area contributed by atoms with Crippen LogP contribution in [0, 0.1) is 0 Å². The molecule has 4 nitrogen and oxygen atoms in total. The lowest BCUT2D eigenvalue weighted by molar-refractivity contribution is 0.245. The van der Waals surface area contributed by atoms with Gasteiger partial charge in [-0.2, -0.15) is 5.10 Å². The van der Waals surface area contributed by atoms with E-state index < -0.39 is 0 Å². The molecule has 0 amide bonds. The van der Waals surface area contributed by atoms with Gasteiger partial charge in [0.15, 0.2) is 0 Å². The molecule has 0 radical (unpaired) electrons. The number of aromatic nitrogens is 2. The molecule has 2 rings (SSSR count). The van der Waals surface area contributed by atoms with Gasteiger partial charge in [0.05, 0.1) is 12.6 Å². The summed E-state index contributed by atoms with van der Waals surface area (Å²) in [6.45, 7) is 0.926. The highest BCUT2D eigenvalue weighted by Gasteiger charge is 2.08. The summed E-state index contributed by atoms with van der Waals surface area (Å²) in [5.41, 5.74) is 2.30. The van der Waals surface area contributed by atoms with Crippen molar-refractivity contribution in [2.45, 2.75) is 12.5 Å². The second-order valence-corrected chi connectivity index (χ2v) is 4.30. The molecule has 0 saturated heterocycles. The average Bonchev–Trinajstić information content (AvgIpc) is 2.81. The Kier molecular flexibility index (Phi) is 4.50. The van der Waals surface area contributed by atoms with E-state index >= 15 is 0 Å². The lowest BCUT2D eigenvalue weighted by Gasteiger charge is -2.16. The molecule has 0 spiro atoms. The molecular formula is C14H19N3O. The number of nitrogens with zero attached hydrogens (tertiary/aromatic N) is 2. The van der Waals surface area contributed by atoms with Gasteiger partial charge in [0.1, 0.15) is 0 Å². The maximum atomic E-state index is 9.41. The van der Waals surface area contributed by atoms with Crippen LogP contribution in [0.1, 0.15) is 17.3 Å². The number of rotatable bonds is 6. The van der Waals surface area contributed by atoms with Crippen molar-refractivity contribution in [3.05, 3.63) is 53.9 Å². The number of hydrogen-bond donors (Lipinski definition) is 2. The molecule has 1 atom stereocenters. The van der Waals surface area contributed by atoms with Crippen LogP contribution in [0.3, 0.4) is 0 Å². The van der Waals surface area contributed by atoms with Gasteiger partial charge in [-0.1, -0.05) is 30.3 Å². The number of aryl methyl sites for hydroxylation is 1. The molecule has 0 aliphatic heterocycles. The van der Waals surface area contributed by atoms with Crippen LogP contribution in [0.4, 0.5) is 0 Å². The molecule has 0 saturated carbocycles. The Hall–Kier alpha value is -1.65. The minimum Gasteiger partial charge on any atom is -0.394 e. The quantitative estimate of drug-likeness (QED) is 0.806. The van der Waals surface area contributed by atoms with Gasteiger partial charge < -0.3 is 10.4 Å².